The average molecular weight is 350 g/mol. The van der Waals surface area contributed by atoms with Gasteiger partial charge in [-0.25, -0.2) is 21.6 Å². The van der Waals surface area contributed by atoms with Crippen molar-refractivity contribution in [1.29, 1.82) is 0 Å². The monoisotopic (exact) mass is 350 g/mol. The van der Waals surface area contributed by atoms with Gasteiger partial charge in [0.1, 0.15) is 5.75 Å². The molecule has 0 saturated heterocycles. The molecule has 0 aromatic heterocycles. The standard InChI is InChI=1S/C13H22N2O5S2/c1-11(2)20-13-7-5-12(6-8-13)15(3)22(18,19)10-9-14-21(4,16)17/h5-8,11,14H,9-10H2,1-4H3. The van der Waals surface area contributed by atoms with Crippen LogP contribution in [0.5, 0.6) is 5.75 Å². The molecule has 0 aliphatic carbocycles. The van der Waals surface area contributed by atoms with Crippen molar-refractivity contribution in [3.8, 4) is 5.75 Å². The van der Waals surface area contributed by atoms with Gasteiger partial charge in [-0.05, 0) is 38.1 Å². The molecule has 0 spiro atoms. The molecule has 0 saturated carbocycles. The van der Waals surface area contributed by atoms with Crippen molar-refractivity contribution < 1.29 is 21.6 Å². The number of anilines is 1. The molecule has 0 aliphatic rings. The molecule has 0 aliphatic heterocycles. The van der Waals surface area contributed by atoms with Gasteiger partial charge in [0.15, 0.2) is 0 Å². The number of hydrogen-bond donors (Lipinski definition) is 1. The Morgan fingerprint density at radius 3 is 2.14 bits per heavy atom. The number of benzene rings is 1. The molecule has 0 amide bonds. The van der Waals surface area contributed by atoms with Crippen molar-refractivity contribution in [2.24, 2.45) is 0 Å². The molecule has 22 heavy (non-hydrogen) atoms. The van der Waals surface area contributed by atoms with Gasteiger partial charge in [-0.1, -0.05) is 0 Å². The van der Waals surface area contributed by atoms with Crippen LogP contribution in [0.3, 0.4) is 0 Å². The lowest BCUT2D eigenvalue weighted by atomic mass is 10.3. The summed E-state index contributed by atoms with van der Waals surface area (Å²) in [4.78, 5) is 0. The van der Waals surface area contributed by atoms with E-state index < -0.39 is 20.0 Å². The van der Waals surface area contributed by atoms with Gasteiger partial charge in [0.2, 0.25) is 20.0 Å². The summed E-state index contributed by atoms with van der Waals surface area (Å²) in [6.45, 7) is 3.64. The number of nitrogens with zero attached hydrogens (tertiary/aromatic N) is 1. The van der Waals surface area contributed by atoms with Crippen LogP contribution in [0.15, 0.2) is 24.3 Å². The van der Waals surface area contributed by atoms with E-state index in [0.29, 0.717) is 11.4 Å². The Morgan fingerprint density at radius 1 is 1.14 bits per heavy atom. The lowest BCUT2D eigenvalue weighted by Gasteiger charge is -2.20. The highest BCUT2D eigenvalue weighted by molar-refractivity contribution is 7.92. The second-order valence-corrected chi connectivity index (χ2v) is 9.06. The molecule has 1 rings (SSSR count). The molecular formula is C13H22N2O5S2. The lowest BCUT2D eigenvalue weighted by Crippen LogP contribution is -2.35. The van der Waals surface area contributed by atoms with E-state index in [1.807, 2.05) is 13.8 Å². The SMILES string of the molecule is CC(C)Oc1ccc(N(C)S(=O)(=O)CCNS(C)(=O)=O)cc1. The lowest BCUT2D eigenvalue weighted by molar-refractivity contribution is 0.242. The molecule has 0 fully saturated rings. The fourth-order valence-corrected chi connectivity index (χ4v) is 3.34. The quantitative estimate of drug-likeness (QED) is 0.748. The van der Waals surface area contributed by atoms with Crippen molar-refractivity contribution in [3.63, 3.8) is 0 Å². The smallest absolute Gasteiger partial charge is 0.236 e. The fraction of sp³-hybridized carbons (Fsp3) is 0.538. The molecule has 1 aromatic carbocycles. The molecule has 0 unspecified atom stereocenters. The Morgan fingerprint density at radius 2 is 1.68 bits per heavy atom. The van der Waals surface area contributed by atoms with Crippen molar-refractivity contribution >= 4 is 25.7 Å². The van der Waals surface area contributed by atoms with Crippen molar-refractivity contribution in [2.45, 2.75) is 20.0 Å². The van der Waals surface area contributed by atoms with Gasteiger partial charge in [0.25, 0.3) is 0 Å². The second kappa shape index (κ2) is 7.30. The third kappa shape index (κ3) is 6.20. The molecule has 126 valence electrons. The number of ether oxygens (including phenoxy) is 1. The van der Waals surface area contributed by atoms with Gasteiger partial charge < -0.3 is 4.74 Å². The van der Waals surface area contributed by atoms with E-state index in [1.165, 1.54) is 7.05 Å². The van der Waals surface area contributed by atoms with Gasteiger partial charge in [0, 0.05) is 13.6 Å². The van der Waals surface area contributed by atoms with Crippen molar-refractivity contribution in [3.05, 3.63) is 24.3 Å². The number of hydrogen-bond acceptors (Lipinski definition) is 5. The molecule has 7 nitrogen and oxygen atoms in total. The topological polar surface area (TPSA) is 92.8 Å². The predicted octanol–water partition coefficient (Wildman–Crippen LogP) is 0.789. The van der Waals surface area contributed by atoms with Crippen LogP contribution in [-0.2, 0) is 20.0 Å². The normalized spacial score (nSPS) is 12.4. The number of nitrogens with one attached hydrogen (secondary N) is 1. The molecule has 0 bridgehead atoms. The van der Waals surface area contributed by atoms with Crippen molar-refractivity contribution in [2.75, 3.05) is 29.9 Å². The summed E-state index contributed by atoms with van der Waals surface area (Å²) < 4.78 is 55.0. The first-order valence-corrected chi connectivity index (χ1v) is 10.2. The molecule has 9 heteroatoms. The zero-order chi connectivity index (χ0) is 17.0. The first-order valence-electron chi connectivity index (χ1n) is 6.69. The highest BCUT2D eigenvalue weighted by Gasteiger charge is 2.19. The average Bonchev–Trinajstić information content (AvgIpc) is 2.36. The van der Waals surface area contributed by atoms with Gasteiger partial charge in [-0.15, -0.1) is 0 Å². The fourth-order valence-electron chi connectivity index (χ4n) is 1.66. The first-order chi connectivity index (χ1) is 10.0. The Balaban J connectivity index is 2.74. The summed E-state index contributed by atoms with van der Waals surface area (Å²) in [7, 11) is -5.58. The van der Waals surface area contributed by atoms with Crippen LogP contribution in [0, 0.1) is 0 Å². The van der Waals surface area contributed by atoms with Crippen LogP contribution in [0.4, 0.5) is 5.69 Å². The molecular weight excluding hydrogens is 328 g/mol. The molecule has 1 aromatic rings. The van der Waals surface area contributed by atoms with Crippen LogP contribution in [0.1, 0.15) is 13.8 Å². The van der Waals surface area contributed by atoms with Crippen LogP contribution in [-0.4, -0.2) is 48.5 Å². The Bertz CT molecular complexity index is 682. The first kappa shape index (κ1) is 18.7. The second-order valence-electron chi connectivity index (χ2n) is 5.11. The predicted molar refractivity (Wildman–Crippen MR) is 87.2 cm³/mol. The number of rotatable bonds is 8. The van der Waals surface area contributed by atoms with E-state index >= 15 is 0 Å². The van der Waals surface area contributed by atoms with E-state index in [9.17, 15) is 16.8 Å². The van der Waals surface area contributed by atoms with Gasteiger partial charge in [-0.3, -0.25) is 4.31 Å². The minimum absolute atomic E-state index is 0.0365. The zero-order valence-electron chi connectivity index (χ0n) is 13.1. The van der Waals surface area contributed by atoms with E-state index in [0.717, 1.165) is 10.6 Å². The maximum Gasteiger partial charge on any atom is 0.236 e. The molecule has 0 heterocycles. The minimum atomic E-state index is -3.61. The summed E-state index contributed by atoms with van der Waals surface area (Å²) in [5.74, 6) is 0.337. The highest BCUT2D eigenvalue weighted by Crippen LogP contribution is 2.21. The summed E-state index contributed by atoms with van der Waals surface area (Å²) >= 11 is 0. The van der Waals surface area contributed by atoms with Gasteiger partial charge in [-0.2, -0.15) is 0 Å². The summed E-state index contributed by atoms with van der Waals surface area (Å²) in [6, 6.07) is 6.66. The Labute approximate surface area is 132 Å². The highest BCUT2D eigenvalue weighted by atomic mass is 32.2. The molecule has 1 N–H and O–H groups in total. The summed E-state index contributed by atoms with van der Waals surface area (Å²) in [5.41, 5.74) is 0.482. The largest absolute Gasteiger partial charge is 0.491 e. The van der Waals surface area contributed by atoms with Crippen LogP contribution < -0.4 is 13.8 Å². The Hall–Kier alpha value is -1.32. The maximum atomic E-state index is 12.1. The Kier molecular flexibility index (Phi) is 6.21. The minimum Gasteiger partial charge on any atom is -0.491 e. The number of sulfonamides is 2. The van der Waals surface area contributed by atoms with Crippen LogP contribution >= 0.6 is 0 Å². The van der Waals surface area contributed by atoms with E-state index in [1.54, 1.807) is 24.3 Å². The van der Waals surface area contributed by atoms with E-state index in [2.05, 4.69) is 4.72 Å². The third-order valence-corrected chi connectivity index (χ3v) is 5.21. The molecule has 0 atom stereocenters. The van der Waals surface area contributed by atoms with Crippen LogP contribution in [0.25, 0.3) is 0 Å². The van der Waals surface area contributed by atoms with E-state index in [4.69, 9.17) is 4.74 Å². The van der Waals surface area contributed by atoms with Crippen LogP contribution in [0.2, 0.25) is 0 Å². The zero-order valence-corrected chi connectivity index (χ0v) is 14.7. The maximum absolute atomic E-state index is 12.1. The van der Waals surface area contributed by atoms with Crippen molar-refractivity contribution in [1.82, 2.24) is 4.72 Å². The van der Waals surface area contributed by atoms with Gasteiger partial charge >= 0.3 is 0 Å². The summed E-state index contributed by atoms with van der Waals surface area (Å²) in [6.07, 6.45) is 1.02. The molecule has 0 radical (unpaired) electrons. The van der Waals surface area contributed by atoms with Gasteiger partial charge in [0.05, 0.1) is 23.8 Å². The summed E-state index contributed by atoms with van der Waals surface area (Å²) in [5, 5.41) is 0. The van der Waals surface area contributed by atoms with E-state index in [-0.39, 0.29) is 18.4 Å². The third-order valence-electron chi connectivity index (χ3n) is 2.71.